The Kier molecular flexibility index (Phi) is 3.13. The molecule has 2 unspecified atom stereocenters. The molecule has 72 valence electrons. The van der Waals surface area contributed by atoms with Crippen molar-refractivity contribution in [1.82, 2.24) is 5.32 Å². The summed E-state index contributed by atoms with van der Waals surface area (Å²) in [6, 6.07) is 0. The van der Waals surface area contributed by atoms with E-state index in [0.717, 1.165) is 24.7 Å². The topological polar surface area (TPSA) is 32.3 Å². The second-order valence-corrected chi connectivity index (χ2v) is 4.54. The van der Waals surface area contributed by atoms with Gasteiger partial charge in [0.15, 0.2) is 0 Å². The lowest BCUT2D eigenvalue weighted by Crippen LogP contribution is -2.51. The van der Waals surface area contributed by atoms with Crippen molar-refractivity contribution in [2.24, 2.45) is 11.8 Å². The quantitative estimate of drug-likeness (QED) is 0.658. The Bertz CT molecular complexity index is 131. The molecule has 1 fully saturated rings. The largest absolute Gasteiger partial charge is 0.394 e. The standard InChI is InChI=1S/C10H21NO/c1-8-4-9(2)6-10(5-8,7-12)11-3/h8-9,11-12H,4-7H2,1-3H3. The molecule has 2 atom stereocenters. The third-order valence-electron chi connectivity index (χ3n) is 3.12. The minimum absolute atomic E-state index is 0.0110. The first-order chi connectivity index (χ1) is 5.62. The van der Waals surface area contributed by atoms with Gasteiger partial charge in [0.05, 0.1) is 6.61 Å². The Morgan fingerprint density at radius 1 is 1.33 bits per heavy atom. The van der Waals surface area contributed by atoms with Gasteiger partial charge in [-0.25, -0.2) is 0 Å². The first-order valence-corrected chi connectivity index (χ1v) is 4.91. The molecular weight excluding hydrogens is 150 g/mol. The predicted octanol–water partition coefficient (Wildman–Crippen LogP) is 1.39. The van der Waals surface area contributed by atoms with Gasteiger partial charge in [-0.2, -0.15) is 0 Å². The summed E-state index contributed by atoms with van der Waals surface area (Å²) in [5.41, 5.74) is 0.0110. The molecule has 0 saturated heterocycles. The third-order valence-corrected chi connectivity index (χ3v) is 3.12. The van der Waals surface area contributed by atoms with E-state index < -0.39 is 0 Å². The van der Waals surface area contributed by atoms with Crippen LogP contribution in [0.1, 0.15) is 33.1 Å². The summed E-state index contributed by atoms with van der Waals surface area (Å²) < 4.78 is 0. The van der Waals surface area contributed by atoms with E-state index in [1.54, 1.807) is 0 Å². The summed E-state index contributed by atoms with van der Waals surface area (Å²) in [4.78, 5) is 0. The van der Waals surface area contributed by atoms with Gasteiger partial charge < -0.3 is 10.4 Å². The van der Waals surface area contributed by atoms with Crippen LogP contribution in [-0.2, 0) is 0 Å². The van der Waals surface area contributed by atoms with Crippen LogP contribution in [0.15, 0.2) is 0 Å². The average Bonchev–Trinajstić information content (AvgIpc) is 2.02. The van der Waals surface area contributed by atoms with Gasteiger partial charge in [0, 0.05) is 5.54 Å². The molecule has 0 amide bonds. The molecule has 1 aliphatic rings. The van der Waals surface area contributed by atoms with Crippen LogP contribution in [0.2, 0.25) is 0 Å². The summed E-state index contributed by atoms with van der Waals surface area (Å²) in [6.07, 6.45) is 3.54. The smallest absolute Gasteiger partial charge is 0.0613 e. The molecule has 0 bridgehead atoms. The minimum Gasteiger partial charge on any atom is -0.394 e. The van der Waals surface area contributed by atoms with E-state index in [0.29, 0.717) is 0 Å². The van der Waals surface area contributed by atoms with Crippen LogP contribution in [0.4, 0.5) is 0 Å². The van der Waals surface area contributed by atoms with Crippen molar-refractivity contribution in [3.8, 4) is 0 Å². The van der Waals surface area contributed by atoms with Crippen LogP contribution in [0, 0.1) is 11.8 Å². The Hall–Kier alpha value is -0.0800. The van der Waals surface area contributed by atoms with Gasteiger partial charge in [0.2, 0.25) is 0 Å². The Morgan fingerprint density at radius 2 is 1.83 bits per heavy atom. The van der Waals surface area contributed by atoms with Gasteiger partial charge in [0.1, 0.15) is 0 Å². The summed E-state index contributed by atoms with van der Waals surface area (Å²) in [7, 11) is 1.96. The molecule has 1 rings (SSSR count). The molecule has 0 heterocycles. The molecule has 0 aromatic heterocycles. The number of aliphatic hydroxyl groups excluding tert-OH is 1. The van der Waals surface area contributed by atoms with E-state index in [2.05, 4.69) is 19.2 Å². The zero-order chi connectivity index (χ0) is 9.19. The summed E-state index contributed by atoms with van der Waals surface area (Å²) in [5.74, 6) is 1.49. The van der Waals surface area contributed by atoms with Crippen LogP contribution in [0.5, 0.6) is 0 Å². The van der Waals surface area contributed by atoms with E-state index in [1.165, 1.54) is 6.42 Å². The lowest BCUT2D eigenvalue weighted by molar-refractivity contribution is 0.0823. The van der Waals surface area contributed by atoms with E-state index in [-0.39, 0.29) is 12.1 Å². The van der Waals surface area contributed by atoms with Crippen LogP contribution >= 0.6 is 0 Å². The number of hydrogen-bond acceptors (Lipinski definition) is 2. The molecule has 0 spiro atoms. The highest BCUT2D eigenvalue weighted by atomic mass is 16.3. The molecule has 0 aliphatic heterocycles. The lowest BCUT2D eigenvalue weighted by Gasteiger charge is -2.41. The van der Waals surface area contributed by atoms with Crippen molar-refractivity contribution >= 4 is 0 Å². The average molecular weight is 171 g/mol. The van der Waals surface area contributed by atoms with Crippen LogP contribution < -0.4 is 5.32 Å². The van der Waals surface area contributed by atoms with E-state index in [1.807, 2.05) is 7.05 Å². The van der Waals surface area contributed by atoms with Crippen molar-refractivity contribution in [3.63, 3.8) is 0 Å². The maximum Gasteiger partial charge on any atom is 0.0613 e. The normalized spacial score (nSPS) is 43.0. The van der Waals surface area contributed by atoms with Gasteiger partial charge in [-0.05, 0) is 38.1 Å². The molecule has 1 saturated carbocycles. The molecule has 12 heavy (non-hydrogen) atoms. The third kappa shape index (κ3) is 1.99. The van der Waals surface area contributed by atoms with Crippen molar-refractivity contribution in [2.45, 2.75) is 38.6 Å². The Labute approximate surface area is 75.4 Å². The van der Waals surface area contributed by atoms with Gasteiger partial charge in [-0.1, -0.05) is 13.8 Å². The molecule has 0 aromatic carbocycles. The first-order valence-electron chi connectivity index (χ1n) is 4.91. The fourth-order valence-electron chi connectivity index (χ4n) is 2.68. The molecule has 2 nitrogen and oxygen atoms in total. The van der Waals surface area contributed by atoms with E-state index in [9.17, 15) is 5.11 Å². The predicted molar refractivity (Wildman–Crippen MR) is 51.1 cm³/mol. The van der Waals surface area contributed by atoms with Crippen molar-refractivity contribution in [1.29, 1.82) is 0 Å². The van der Waals surface area contributed by atoms with Gasteiger partial charge >= 0.3 is 0 Å². The number of hydrogen-bond donors (Lipinski definition) is 2. The number of aliphatic hydroxyl groups is 1. The molecular formula is C10H21NO. The lowest BCUT2D eigenvalue weighted by atomic mass is 9.72. The van der Waals surface area contributed by atoms with Crippen LogP contribution in [-0.4, -0.2) is 24.3 Å². The Morgan fingerprint density at radius 3 is 2.17 bits per heavy atom. The Balaban J connectivity index is 2.62. The highest BCUT2D eigenvalue weighted by Gasteiger charge is 2.35. The minimum atomic E-state index is 0.0110. The molecule has 0 aromatic rings. The summed E-state index contributed by atoms with van der Waals surface area (Å²) >= 11 is 0. The van der Waals surface area contributed by atoms with E-state index in [4.69, 9.17) is 0 Å². The fraction of sp³-hybridized carbons (Fsp3) is 1.00. The van der Waals surface area contributed by atoms with Crippen LogP contribution in [0.25, 0.3) is 0 Å². The van der Waals surface area contributed by atoms with Crippen LogP contribution in [0.3, 0.4) is 0 Å². The van der Waals surface area contributed by atoms with E-state index >= 15 is 0 Å². The molecule has 1 aliphatic carbocycles. The summed E-state index contributed by atoms with van der Waals surface area (Å²) in [6.45, 7) is 4.83. The van der Waals surface area contributed by atoms with Crippen molar-refractivity contribution < 1.29 is 5.11 Å². The highest BCUT2D eigenvalue weighted by Crippen LogP contribution is 2.35. The van der Waals surface area contributed by atoms with Gasteiger partial charge in [-0.3, -0.25) is 0 Å². The van der Waals surface area contributed by atoms with Crippen molar-refractivity contribution in [2.75, 3.05) is 13.7 Å². The second kappa shape index (κ2) is 3.75. The molecule has 2 N–H and O–H groups in total. The van der Waals surface area contributed by atoms with Gasteiger partial charge in [-0.15, -0.1) is 0 Å². The van der Waals surface area contributed by atoms with Crippen molar-refractivity contribution in [3.05, 3.63) is 0 Å². The second-order valence-electron chi connectivity index (χ2n) is 4.54. The maximum atomic E-state index is 9.31. The maximum absolute atomic E-state index is 9.31. The zero-order valence-corrected chi connectivity index (χ0v) is 8.43. The van der Waals surface area contributed by atoms with Gasteiger partial charge in [0.25, 0.3) is 0 Å². The SMILES string of the molecule is CNC1(CO)CC(C)CC(C)C1. The summed E-state index contributed by atoms with van der Waals surface area (Å²) in [5, 5.41) is 12.6. The highest BCUT2D eigenvalue weighted by molar-refractivity contribution is 4.93. The molecule has 0 radical (unpaired) electrons. The monoisotopic (exact) mass is 171 g/mol. The number of rotatable bonds is 2. The number of nitrogens with one attached hydrogen (secondary N) is 1. The zero-order valence-electron chi connectivity index (χ0n) is 8.43. The fourth-order valence-corrected chi connectivity index (χ4v) is 2.68. The number of likely N-dealkylation sites (N-methyl/N-ethyl adjacent to an activating group) is 1. The first kappa shape index (κ1) is 10.0. The molecule has 2 heteroatoms.